The number of hydrogen-bond acceptors (Lipinski definition) is 7. The second-order valence-corrected chi connectivity index (χ2v) is 5.91. The number of benzene rings is 2. The van der Waals surface area contributed by atoms with E-state index in [1.807, 2.05) is 24.3 Å². The molecule has 0 atom stereocenters. The minimum Gasteiger partial charge on any atom is -0.495 e. The second-order valence-electron chi connectivity index (χ2n) is 5.10. The van der Waals surface area contributed by atoms with Crippen LogP contribution in [0.3, 0.4) is 0 Å². The molecule has 0 saturated heterocycles. The first kappa shape index (κ1) is 18.0. The number of ether oxygens (including phenoxy) is 2. The third-order valence-corrected chi connectivity index (χ3v) is 3.91. The monoisotopic (exact) mass is 391 g/mol. The summed E-state index contributed by atoms with van der Waals surface area (Å²) in [4.78, 5) is 12.4. The van der Waals surface area contributed by atoms with Crippen molar-refractivity contribution in [2.75, 3.05) is 18.2 Å². The van der Waals surface area contributed by atoms with Crippen LogP contribution in [0.1, 0.15) is 5.82 Å². The second kappa shape index (κ2) is 8.07. The number of anilines is 3. The molecule has 134 valence electrons. The van der Waals surface area contributed by atoms with Crippen LogP contribution in [0.25, 0.3) is 0 Å². The molecule has 26 heavy (non-hydrogen) atoms. The highest BCUT2D eigenvalue weighted by atomic mass is 35.5. The molecule has 3 N–H and O–H groups in total. The van der Waals surface area contributed by atoms with Gasteiger partial charge in [-0.2, -0.15) is 15.0 Å². The van der Waals surface area contributed by atoms with E-state index in [0.717, 1.165) is 0 Å². The molecule has 0 aliphatic heterocycles. The van der Waals surface area contributed by atoms with Crippen molar-refractivity contribution in [3.63, 3.8) is 0 Å². The first-order valence-corrected chi connectivity index (χ1v) is 8.29. The highest BCUT2D eigenvalue weighted by Crippen LogP contribution is 2.33. The Morgan fingerprint density at radius 2 is 1.73 bits per heavy atom. The molecule has 0 unspecified atom stereocenters. The van der Waals surface area contributed by atoms with E-state index in [2.05, 4.69) is 20.3 Å². The highest BCUT2D eigenvalue weighted by Gasteiger charge is 2.11. The van der Waals surface area contributed by atoms with Gasteiger partial charge in [0.25, 0.3) is 0 Å². The van der Waals surface area contributed by atoms with Crippen LogP contribution in [0.5, 0.6) is 11.5 Å². The first-order valence-electron chi connectivity index (χ1n) is 7.54. The molecule has 1 aromatic heterocycles. The van der Waals surface area contributed by atoms with Crippen LogP contribution in [-0.2, 0) is 6.61 Å². The van der Waals surface area contributed by atoms with Gasteiger partial charge in [0, 0.05) is 0 Å². The molecule has 3 rings (SSSR count). The van der Waals surface area contributed by atoms with Gasteiger partial charge in [-0.1, -0.05) is 41.4 Å². The Morgan fingerprint density at radius 3 is 2.46 bits per heavy atom. The lowest BCUT2D eigenvalue weighted by Gasteiger charge is -2.12. The molecule has 0 amide bonds. The fourth-order valence-electron chi connectivity index (χ4n) is 2.18. The molecular formula is C17H15Cl2N5O2. The van der Waals surface area contributed by atoms with Crippen LogP contribution < -0.4 is 20.5 Å². The fourth-order valence-corrected chi connectivity index (χ4v) is 2.69. The Hall–Kier alpha value is -2.77. The maximum absolute atomic E-state index is 6.09. The molecule has 1 heterocycles. The zero-order valence-corrected chi connectivity index (χ0v) is 15.3. The van der Waals surface area contributed by atoms with Crippen LogP contribution in [0.15, 0.2) is 42.5 Å². The molecule has 0 saturated carbocycles. The van der Waals surface area contributed by atoms with E-state index in [-0.39, 0.29) is 18.5 Å². The molecule has 0 radical (unpaired) electrons. The van der Waals surface area contributed by atoms with Crippen LogP contribution in [0, 0.1) is 0 Å². The van der Waals surface area contributed by atoms with Crippen molar-refractivity contribution >= 4 is 40.8 Å². The van der Waals surface area contributed by atoms with Crippen molar-refractivity contribution in [3.05, 3.63) is 58.3 Å². The molecule has 0 spiro atoms. The number of rotatable bonds is 6. The van der Waals surface area contributed by atoms with E-state index in [9.17, 15) is 0 Å². The summed E-state index contributed by atoms with van der Waals surface area (Å²) in [6, 6.07) is 12.5. The molecule has 2 aromatic carbocycles. The smallest absolute Gasteiger partial charge is 0.232 e. The van der Waals surface area contributed by atoms with Gasteiger partial charge in [-0.15, -0.1) is 0 Å². The molecule has 3 aromatic rings. The number of methoxy groups -OCH3 is 1. The number of aromatic nitrogens is 3. The number of nitrogen functional groups attached to an aromatic ring is 1. The van der Waals surface area contributed by atoms with Gasteiger partial charge in [0.15, 0.2) is 11.6 Å². The van der Waals surface area contributed by atoms with Crippen LogP contribution in [0.2, 0.25) is 10.0 Å². The predicted molar refractivity (Wildman–Crippen MR) is 101 cm³/mol. The van der Waals surface area contributed by atoms with Crippen molar-refractivity contribution < 1.29 is 9.47 Å². The van der Waals surface area contributed by atoms with E-state index in [1.54, 1.807) is 25.3 Å². The van der Waals surface area contributed by atoms with Gasteiger partial charge in [0.2, 0.25) is 11.9 Å². The van der Waals surface area contributed by atoms with Gasteiger partial charge < -0.3 is 20.5 Å². The summed E-state index contributed by atoms with van der Waals surface area (Å²) in [5, 5.41) is 3.84. The van der Waals surface area contributed by atoms with E-state index in [4.69, 9.17) is 38.4 Å². The van der Waals surface area contributed by atoms with E-state index >= 15 is 0 Å². The topological polar surface area (TPSA) is 95.2 Å². The SMILES string of the molecule is COc1ccccc1Nc1nc(N)nc(COc2c(Cl)cccc2Cl)n1. The quantitative estimate of drug-likeness (QED) is 0.652. The fraction of sp³-hybridized carbons (Fsp3) is 0.118. The minimum absolute atomic E-state index is 0.0246. The number of hydrogen-bond donors (Lipinski definition) is 2. The van der Waals surface area contributed by atoms with Gasteiger partial charge in [-0.3, -0.25) is 0 Å². The van der Waals surface area contributed by atoms with Gasteiger partial charge >= 0.3 is 0 Å². The van der Waals surface area contributed by atoms with Crippen LogP contribution >= 0.6 is 23.2 Å². The lowest BCUT2D eigenvalue weighted by molar-refractivity contribution is 0.296. The third kappa shape index (κ3) is 4.25. The largest absolute Gasteiger partial charge is 0.495 e. The molecule has 0 aliphatic carbocycles. The van der Waals surface area contributed by atoms with Gasteiger partial charge in [-0.25, -0.2) is 0 Å². The Balaban J connectivity index is 1.79. The number of halogens is 2. The predicted octanol–water partition coefficient (Wildman–Crippen LogP) is 4.09. The van der Waals surface area contributed by atoms with Crippen molar-refractivity contribution in [1.29, 1.82) is 0 Å². The summed E-state index contributed by atoms with van der Waals surface area (Å²) in [5.74, 6) is 1.65. The maximum Gasteiger partial charge on any atom is 0.232 e. The molecule has 0 aliphatic rings. The highest BCUT2D eigenvalue weighted by molar-refractivity contribution is 6.37. The number of nitrogens with one attached hydrogen (secondary N) is 1. The summed E-state index contributed by atoms with van der Waals surface area (Å²) in [7, 11) is 1.58. The van der Waals surface area contributed by atoms with Crippen molar-refractivity contribution in [3.8, 4) is 11.5 Å². The number of nitrogens with zero attached hydrogens (tertiary/aromatic N) is 3. The van der Waals surface area contributed by atoms with Gasteiger partial charge in [0.05, 0.1) is 22.8 Å². The molecule has 0 fully saturated rings. The Labute approximate surface area is 160 Å². The summed E-state index contributed by atoms with van der Waals surface area (Å²) in [5.41, 5.74) is 6.47. The van der Waals surface area contributed by atoms with Crippen molar-refractivity contribution in [1.82, 2.24) is 15.0 Å². The zero-order chi connectivity index (χ0) is 18.5. The molecule has 7 nitrogen and oxygen atoms in total. The number of para-hydroxylation sites is 3. The standard InChI is InChI=1S/C17H15Cl2N5O2/c1-25-13-8-3-2-7-12(13)21-17-23-14(22-16(20)24-17)9-26-15-10(18)5-4-6-11(15)19/h2-8H,9H2,1H3,(H3,20,21,22,23,24). The Bertz CT molecular complexity index is 903. The summed E-state index contributed by atoms with van der Waals surface area (Å²) >= 11 is 12.2. The normalized spacial score (nSPS) is 10.4. The Kier molecular flexibility index (Phi) is 5.60. The summed E-state index contributed by atoms with van der Waals surface area (Å²) in [6.45, 7) is 0.0246. The summed E-state index contributed by atoms with van der Waals surface area (Å²) in [6.07, 6.45) is 0. The van der Waals surface area contributed by atoms with Gasteiger partial charge in [-0.05, 0) is 24.3 Å². The third-order valence-electron chi connectivity index (χ3n) is 3.32. The first-order chi connectivity index (χ1) is 12.6. The molecule has 0 bridgehead atoms. The maximum atomic E-state index is 6.09. The number of nitrogens with two attached hydrogens (primary N) is 1. The molecular weight excluding hydrogens is 377 g/mol. The Morgan fingerprint density at radius 1 is 1.00 bits per heavy atom. The lowest BCUT2D eigenvalue weighted by atomic mass is 10.3. The van der Waals surface area contributed by atoms with Gasteiger partial charge in [0.1, 0.15) is 12.4 Å². The van der Waals surface area contributed by atoms with Crippen LogP contribution in [-0.4, -0.2) is 22.1 Å². The van der Waals surface area contributed by atoms with Crippen molar-refractivity contribution in [2.45, 2.75) is 6.61 Å². The lowest BCUT2D eigenvalue weighted by Crippen LogP contribution is -2.10. The average molecular weight is 392 g/mol. The summed E-state index contributed by atoms with van der Waals surface area (Å²) < 4.78 is 10.9. The van der Waals surface area contributed by atoms with Crippen molar-refractivity contribution in [2.24, 2.45) is 0 Å². The van der Waals surface area contributed by atoms with E-state index in [0.29, 0.717) is 33.1 Å². The van der Waals surface area contributed by atoms with E-state index in [1.165, 1.54) is 0 Å². The van der Waals surface area contributed by atoms with E-state index < -0.39 is 0 Å². The van der Waals surface area contributed by atoms with Crippen LogP contribution in [0.4, 0.5) is 17.6 Å². The molecule has 9 heteroatoms. The zero-order valence-electron chi connectivity index (χ0n) is 13.7. The minimum atomic E-state index is 0.0246. The average Bonchev–Trinajstić information content (AvgIpc) is 2.61.